The van der Waals surface area contributed by atoms with Gasteiger partial charge in [0.2, 0.25) is 0 Å². The monoisotopic (exact) mass is 368 g/mol. The van der Waals surface area contributed by atoms with Gasteiger partial charge in [-0.15, -0.1) is 0 Å². The number of allylic oxidation sites excluding steroid dienone is 1. The van der Waals surface area contributed by atoms with E-state index in [9.17, 15) is 5.11 Å². The molecule has 4 aliphatic rings. The van der Waals surface area contributed by atoms with Crippen molar-refractivity contribution >= 4 is 5.69 Å². The average molecular weight is 368 g/mol. The van der Waals surface area contributed by atoms with Crippen molar-refractivity contribution in [2.45, 2.75) is 51.4 Å². The third kappa shape index (κ3) is 2.53. The van der Waals surface area contributed by atoms with Crippen LogP contribution >= 0.6 is 0 Å². The molecule has 1 aromatic rings. The first-order chi connectivity index (χ1) is 13.0. The third-order valence-electron chi connectivity index (χ3n) is 6.79. The first kappa shape index (κ1) is 17.4. The number of hydrogen-bond acceptors (Lipinski definition) is 5. The molecule has 1 saturated carbocycles. The molecule has 0 aromatic heterocycles. The quantitative estimate of drug-likeness (QED) is 0.840. The number of nitrogens with one attached hydrogen (secondary N) is 1. The lowest BCUT2D eigenvalue weighted by Gasteiger charge is -2.51. The molecule has 0 bridgehead atoms. The highest BCUT2D eigenvalue weighted by Crippen LogP contribution is 2.58. The summed E-state index contributed by atoms with van der Waals surface area (Å²) in [5, 5.41) is 11.8. The second-order valence-electron chi connectivity index (χ2n) is 8.51. The molecule has 0 amide bonds. The second kappa shape index (κ2) is 6.17. The smallest absolute Gasteiger partial charge is 0.178 e. The van der Waals surface area contributed by atoms with Crippen LogP contribution in [0.4, 0.5) is 5.69 Å². The van der Waals surface area contributed by atoms with Gasteiger partial charge in [0.1, 0.15) is 6.10 Å². The van der Waals surface area contributed by atoms with Gasteiger partial charge in [0.15, 0.2) is 5.79 Å². The minimum Gasteiger partial charge on any atom is -0.394 e. The van der Waals surface area contributed by atoms with Crippen molar-refractivity contribution in [2.75, 3.05) is 24.8 Å². The molecule has 1 spiro atoms. The normalized spacial score (nSPS) is 35.4. The predicted molar refractivity (Wildman–Crippen MR) is 104 cm³/mol. The zero-order chi connectivity index (χ0) is 18.6. The summed E-state index contributed by atoms with van der Waals surface area (Å²) in [7, 11) is 0. The Hall–Kier alpha value is -1.66. The highest BCUT2D eigenvalue weighted by Gasteiger charge is 2.59. The number of fused-ring (bicyclic) bond motifs is 2. The maximum Gasteiger partial charge on any atom is 0.178 e. The molecule has 2 heterocycles. The summed E-state index contributed by atoms with van der Waals surface area (Å²) in [4.78, 5) is 0. The van der Waals surface area contributed by atoms with Gasteiger partial charge < -0.3 is 14.6 Å². The van der Waals surface area contributed by atoms with Crippen LogP contribution in [0.2, 0.25) is 0 Å². The lowest BCUT2D eigenvalue weighted by molar-refractivity contribution is -0.244. The van der Waals surface area contributed by atoms with Gasteiger partial charge in [0, 0.05) is 18.4 Å². The minimum atomic E-state index is -0.597. The number of hydrazine groups is 1. The van der Waals surface area contributed by atoms with Crippen molar-refractivity contribution in [3.8, 4) is 0 Å². The summed E-state index contributed by atoms with van der Waals surface area (Å²) in [5.41, 5.74) is 9.92. The molecule has 144 valence electrons. The summed E-state index contributed by atoms with van der Waals surface area (Å²) in [6, 6.07) is 8.64. The molecular formula is C22H28N2O3. The Bertz CT molecular complexity index is 815. The lowest BCUT2D eigenvalue weighted by atomic mass is 9.61. The van der Waals surface area contributed by atoms with Gasteiger partial charge in [-0.2, -0.15) is 0 Å². The molecule has 2 unspecified atom stereocenters. The van der Waals surface area contributed by atoms with Crippen LogP contribution in [0.25, 0.3) is 0 Å². The maximum atomic E-state index is 9.54. The summed E-state index contributed by atoms with van der Waals surface area (Å²) in [6.45, 7) is 5.76. The largest absolute Gasteiger partial charge is 0.394 e. The van der Waals surface area contributed by atoms with Crippen LogP contribution in [-0.4, -0.2) is 36.8 Å². The number of aliphatic hydroxyl groups excluding tert-OH is 1. The van der Waals surface area contributed by atoms with Gasteiger partial charge in [-0.25, -0.2) is 5.43 Å². The van der Waals surface area contributed by atoms with Gasteiger partial charge >= 0.3 is 0 Å². The zero-order valence-electron chi connectivity index (χ0n) is 16.1. The number of anilines is 1. The number of aryl methyl sites for hydroxylation is 1. The third-order valence-corrected chi connectivity index (χ3v) is 6.79. The molecule has 2 aliphatic heterocycles. The average Bonchev–Trinajstić information content (AvgIpc) is 3.27. The molecule has 5 nitrogen and oxygen atoms in total. The fraction of sp³-hybridized carbons (Fsp3) is 0.545. The fourth-order valence-corrected chi connectivity index (χ4v) is 5.21. The number of hydrogen-bond donors (Lipinski definition) is 2. The van der Waals surface area contributed by atoms with Gasteiger partial charge in [-0.3, -0.25) is 5.01 Å². The molecule has 1 aromatic carbocycles. The van der Waals surface area contributed by atoms with E-state index >= 15 is 0 Å². The molecule has 27 heavy (non-hydrogen) atoms. The Morgan fingerprint density at radius 2 is 2.11 bits per heavy atom. The van der Waals surface area contributed by atoms with Crippen LogP contribution < -0.4 is 10.4 Å². The summed E-state index contributed by atoms with van der Waals surface area (Å²) in [6.07, 6.45) is 6.12. The van der Waals surface area contributed by atoms with E-state index in [4.69, 9.17) is 9.47 Å². The van der Waals surface area contributed by atoms with E-state index in [0.717, 1.165) is 32.2 Å². The van der Waals surface area contributed by atoms with Crippen molar-refractivity contribution in [3.05, 3.63) is 52.7 Å². The Morgan fingerprint density at radius 3 is 2.85 bits per heavy atom. The van der Waals surface area contributed by atoms with E-state index in [-0.39, 0.29) is 18.1 Å². The summed E-state index contributed by atoms with van der Waals surface area (Å²) >= 11 is 0. The Kier molecular flexibility index (Phi) is 3.99. The number of ether oxygens (including phenoxy) is 2. The molecule has 5 heteroatoms. The first-order valence-electron chi connectivity index (χ1n) is 10.0. The van der Waals surface area contributed by atoms with Crippen LogP contribution in [0, 0.1) is 12.3 Å². The van der Waals surface area contributed by atoms with Gasteiger partial charge in [-0.05, 0) is 50.0 Å². The molecule has 2 aliphatic carbocycles. The highest BCUT2D eigenvalue weighted by molar-refractivity contribution is 5.60. The van der Waals surface area contributed by atoms with Crippen molar-refractivity contribution in [1.82, 2.24) is 5.43 Å². The zero-order valence-corrected chi connectivity index (χ0v) is 16.1. The van der Waals surface area contributed by atoms with Gasteiger partial charge in [0.05, 0.1) is 24.6 Å². The molecule has 2 fully saturated rings. The van der Waals surface area contributed by atoms with Gasteiger partial charge in [-0.1, -0.05) is 30.2 Å². The molecule has 3 atom stereocenters. The van der Waals surface area contributed by atoms with Crippen LogP contribution in [0.15, 0.2) is 47.2 Å². The lowest BCUT2D eigenvalue weighted by Crippen LogP contribution is -2.52. The first-order valence-corrected chi connectivity index (χ1v) is 10.0. The van der Waals surface area contributed by atoms with Crippen LogP contribution in [0.1, 0.15) is 38.2 Å². The van der Waals surface area contributed by atoms with E-state index in [2.05, 4.69) is 54.6 Å². The van der Waals surface area contributed by atoms with Crippen molar-refractivity contribution in [3.63, 3.8) is 0 Å². The number of aliphatic hydroxyl groups is 1. The van der Waals surface area contributed by atoms with E-state index < -0.39 is 5.79 Å². The summed E-state index contributed by atoms with van der Waals surface area (Å²) < 4.78 is 12.6. The standard InChI is InChI=1S/C22H28N2O3/c1-15-5-7-18(8-6-15)24-20-10-17-4-3-9-22(26-14-19(13-25)27-22)21(17,2)11-16(20)12-23-24/h5-8,10,19,23,25H,3-4,9,11-14H2,1-2H3/t19?,21-,22?/m0/s1. The fourth-order valence-electron chi connectivity index (χ4n) is 5.21. The van der Waals surface area contributed by atoms with Crippen molar-refractivity contribution in [1.29, 1.82) is 0 Å². The maximum absolute atomic E-state index is 9.54. The van der Waals surface area contributed by atoms with Crippen LogP contribution in [-0.2, 0) is 9.47 Å². The van der Waals surface area contributed by atoms with E-state index in [0.29, 0.717) is 6.61 Å². The second-order valence-corrected chi connectivity index (χ2v) is 8.51. The SMILES string of the molecule is Cc1ccc(N2NCC3=C2C=C2CCCC4(OCC(CO)O4)[C@@]2(C)C3)cc1. The molecule has 5 rings (SSSR count). The summed E-state index contributed by atoms with van der Waals surface area (Å²) in [5.74, 6) is -0.597. The van der Waals surface area contributed by atoms with Crippen molar-refractivity contribution in [2.24, 2.45) is 5.41 Å². The predicted octanol–water partition coefficient (Wildman–Crippen LogP) is 3.20. The highest BCUT2D eigenvalue weighted by atomic mass is 16.7. The topological polar surface area (TPSA) is 54.0 Å². The van der Waals surface area contributed by atoms with E-state index in [1.807, 2.05) is 0 Å². The molecule has 1 saturated heterocycles. The van der Waals surface area contributed by atoms with Crippen LogP contribution in [0.5, 0.6) is 0 Å². The van der Waals surface area contributed by atoms with Crippen molar-refractivity contribution < 1.29 is 14.6 Å². The van der Waals surface area contributed by atoms with Crippen LogP contribution in [0.3, 0.4) is 0 Å². The van der Waals surface area contributed by atoms with Gasteiger partial charge in [0.25, 0.3) is 0 Å². The van der Waals surface area contributed by atoms with E-state index in [1.54, 1.807) is 0 Å². The Balaban J connectivity index is 1.49. The number of benzene rings is 1. The number of nitrogens with zero attached hydrogens (tertiary/aromatic N) is 1. The Morgan fingerprint density at radius 1 is 1.30 bits per heavy atom. The minimum absolute atomic E-state index is 0.0214. The molecule has 0 radical (unpaired) electrons. The molecule has 2 N–H and O–H groups in total. The Labute approximate surface area is 160 Å². The molecular weight excluding hydrogens is 340 g/mol. The van der Waals surface area contributed by atoms with E-state index in [1.165, 1.54) is 28.1 Å². The number of rotatable bonds is 2.